The second-order valence-corrected chi connectivity index (χ2v) is 6.13. The summed E-state index contributed by atoms with van der Waals surface area (Å²) in [4.78, 5) is 11.4. The van der Waals surface area contributed by atoms with Crippen LogP contribution in [-0.2, 0) is 0 Å². The van der Waals surface area contributed by atoms with Crippen molar-refractivity contribution in [2.75, 3.05) is 11.4 Å². The summed E-state index contributed by atoms with van der Waals surface area (Å²) in [6, 6.07) is 2.30. The Hall–Kier alpha value is -1.85. The average molecular weight is 289 g/mol. The highest BCUT2D eigenvalue weighted by atomic mass is 16.4. The minimum atomic E-state index is 0.0407. The fourth-order valence-corrected chi connectivity index (χ4v) is 3.74. The maximum atomic E-state index is 8.86. The quantitative estimate of drug-likeness (QED) is 0.376. The molecule has 21 heavy (non-hydrogen) atoms. The Bertz CT molecular complexity index is 543. The molecular weight excluding hydrogens is 266 g/mol. The number of hydrogen-bond donors (Lipinski definition) is 2. The van der Waals surface area contributed by atoms with Gasteiger partial charge in [0.1, 0.15) is 5.69 Å². The number of oxime groups is 1. The Balaban J connectivity index is 1.93. The zero-order valence-electron chi connectivity index (χ0n) is 12.5. The van der Waals surface area contributed by atoms with Gasteiger partial charge >= 0.3 is 0 Å². The second-order valence-electron chi connectivity index (χ2n) is 6.13. The molecule has 6 nitrogen and oxygen atoms in total. The normalized spacial score (nSPS) is 26.5. The third-order valence-electron chi connectivity index (χ3n) is 4.71. The number of piperidine rings is 1. The van der Waals surface area contributed by atoms with E-state index in [9.17, 15) is 0 Å². The molecule has 2 aliphatic rings. The highest BCUT2D eigenvalue weighted by molar-refractivity contribution is 5.95. The number of nitrogens with zero attached hydrogens (tertiary/aromatic N) is 4. The van der Waals surface area contributed by atoms with Gasteiger partial charge in [0, 0.05) is 18.3 Å². The molecule has 1 saturated carbocycles. The van der Waals surface area contributed by atoms with Crippen molar-refractivity contribution in [1.29, 1.82) is 0 Å². The molecule has 0 bridgehead atoms. The van der Waals surface area contributed by atoms with Gasteiger partial charge in [0.05, 0.1) is 0 Å². The number of fused-ring (bicyclic) bond motifs is 1. The fourth-order valence-electron chi connectivity index (χ4n) is 3.74. The molecule has 1 saturated heterocycles. The molecule has 114 valence electrons. The molecule has 6 heteroatoms. The lowest BCUT2D eigenvalue weighted by molar-refractivity contribution is 0.241. The van der Waals surface area contributed by atoms with Crippen molar-refractivity contribution in [3.8, 4) is 0 Å². The van der Waals surface area contributed by atoms with Gasteiger partial charge in [-0.25, -0.2) is 9.97 Å². The summed E-state index contributed by atoms with van der Waals surface area (Å²) in [5.74, 6) is 1.54. The van der Waals surface area contributed by atoms with Crippen LogP contribution in [0.15, 0.2) is 11.2 Å². The van der Waals surface area contributed by atoms with E-state index in [-0.39, 0.29) is 5.84 Å². The molecule has 0 aromatic carbocycles. The van der Waals surface area contributed by atoms with Gasteiger partial charge in [-0.1, -0.05) is 18.0 Å². The molecule has 2 fully saturated rings. The van der Waals surface area contributed by atoms with Crippen LogP contribution < -0.4 is 10.6 Å². The Labute approximate surface area is 125 Å². The highest BCUT2D eigenvalue weighted by Crippen LogP contribution is 2.36. The number of aromatic nitrogens is 2. The first-order valence-electron chi connectivity index (χ1n) is 7.79. The van der Waals surface area contributed by atoms with Crippen LogP contribution in [-0.4, -0.2) is 33.6 Å². The maximum Gasteiger partial charge on any atom is 0.226 e. The summed E-state index contributed by atoms with van der Waals surface area (Å²) in [7, 11) is 0. The lowest BCUT2D eigenvalue weighted by atomic mass is 9.78. The van der Waals surface area contributed by atoms with E-state index in [2.05, 4.69) is 20.0 Å². The number of anilines is 1. The number of nitrogens with two attached hydrogens (primary N) is 1. The minimum absolute atomic E-state index is 0.0407. The van der Waals surface area contributed by atoms with Gasteiger partial charge < -0.3 is 15.8 Å². The van der Waals surface area contributed by atoms with Crippen LogP contribution in [0.4, 0.5) is 5.95 Å². The van der Waals surface area contributed by atoms with E-state index in [1.807, 2.05) is 6.92 Å². The summed E-state index contributed by atoms with van der Waals surface area (Å²) >= 11 is 0. The van der Waals surface area contributed by atoms with Crippen LogP contribution in [0.1, 0.15) is 49.9 Å². The van der Waals surface area contributed by atoms with Crippen molar-refractivity contribution in [3.05, 3.63) is 17.5 Å². The molecule has 2 heterocycles. The minimum Gasteiger partial charge on any atom is -0.409 e. The Morgan fingerprint density at radius 2 is 2.05 bits per heavy atom. The first-order chi connectivity index (χ1) is 10.2. The summed E-state index contributed by atoms with van der Waals surface area (Å²) in [5.41, 5.74) is 7.03. The first-order valence-corrected chi connectivity index (χ1v) is 7.79. The Morgan fingerprint density at radius 3 is 2.86 bits per heavy atom. The number of rotatable bonds is 2. The predicted molar refractivity (Wildman–Crippen MR) is 81.6 cm³/mol. The smallest absolute Gasteiger partial charge is 0.226 e. The van der Waals surface area contributed by atoms with Crippen LogP contribution in [0.5, 0.6) is 0 Å². The average Bonchev–Trinajstić information content (AvgIpc) is 2.53. The summed E-state index contributed by atoms with van der Waals surface area (Å²) < 4.78 is 0. The first kappa shape index (κ1) is 14.1. The van der Waals surface area contributed by atoms with Gasteiger partial charge in [0.15, 0.2) is 5.84 Å². The molecule has 0 radical (unpaired) electrons. The molecular formula is C15H23N5O. The van der Waals surface area contributed by atoms with Crippen molar-refractivity contribution in [2.24, 2.45) is 16.8 Å². The molecule has 3 rings (SSSR count). The Kier molecular flexibility index (Phi) is 3.94. The van der Waals surface area contributed by atoms with E-state index in [0.717, 1.165) is 24.1 Å². The van der Waals surface area contributed by atoms with Crippen LogP contribution in [0, 0.1) is 12.8 Å². The summed E-state index contributed by atoms with van der Waals surface area (Å²) in [6.07, 6.45) is 7.69. The highest BCUT2D eigenvalue weighted by Gasteiger charge is 2.34. The monoisotopic (exact) mass is 289 g/mol. The topological polar surface area (TPSA) is 87.6 Å². The van der Waals surface area contributed by atoms with Gasteiger partial charge in [-0.2, -0.15) is 0 Å². The SMILES string of the molecule is Cc1cc(/C(N)=N/O)nc(N2CCC[C@H]3CCCC[C@H]32)n1. The van der Waals surface area contributed by atoms with Crippen molar-refractivity contribution in [3.63, 3.8) is 0 Å². The van der Waals surface area contributed by atoms with E-state index in [1.165, 1.54) is 38.5 Å². The van der Waals surface area contributed by atoms with E-state index < -0.39 is 0 Å². The number of hydrogen-bond acceptors (Lipinski definition) is 5. The van der Waals surface area contributed by atoms with Crippen LogP contribution in [0.25, 0.3) is 0 Å². The zero-order chi connectivity index (χ0) is 14.8. The van der Waals surface area contributed by atoms with Gasteiger partial charge in [-0.05, 0) is 44.6 Å². The van der Waals surface area contributed by atoms with Gasteiger partial charge in [0.2, 0.25) is 5.95 Å². The van der Waals surface area contributed by atoms with Crippen LogP contribution >= 0.6 is 0 Å². The molecule has 2 atom stereocenters. The van der Waals surface area contributed by atoms with Crippen LogP contribution in [0.2, 0.25) is 0 Å². The molecule has 1 aliphatic heterocycles. The standard InChI is InChI=1S/C15H23N5O/c1-10-9-12(14(16)19-21)18-15(17-10)20-8-4-6-11-5-2-3-7-13(11)20/h9,11,13,21H,2-8H2,1H3,(H2,16,19)/t11-,13-/m1/s1. The van der Waals surface area contributed by atoms with Crippen LogP contribution in [0.3, 0.4) is 0 Å². The molecule has 1 aromatic rings. The predicted octanol–water partition coefficient (Wildman–Crippen LogP) is 2.04. The van der Waals surface area contributed by atoms with E-state index in [1.54, 1.807) is 6.07 Å². The lowest BCUT2D eigenvalue weighted by Gasteiger charge is -2.44. The van der Waals surface area contributed by atoms with E-state index >= 15 is 0 Å². The van der Waals surface area contributed by atoms with Gasteiger partial charge in [-0.15, -0.1) is 0 Å². The van der Waals surface area contributed by atoms with Gasteiger partial charge in [-0.3, -0.25) is 0 Å². The lowest BCUT2D eigenvalue weighted by Crippen LogP contribution is -2.47. The number of aryl methyl sites for hydroxylation is 1. The zero-order valence-corrected chi connectivity index (χ0v) is 12.5. The molecule has 0 spiro atoms. The summed E-state index contributed by atoms with van der Waals surface area (Å²) in [6.45, 7) is 2.92. The molecule has 0 amide bonds. The third kappa shape index (κ3) is 2.80. The molecule has 3 N–H and O–H groups in total. The van der Waals surface area contributed by atoms with Crippen molar-refractivity contribution in [1.82, 2.24) is 9.97 Å². The van der Waals surface area contributed by atoms with Crippen molar-refractivity contribution in [2.45, 2.75) is 51.5 Å². The van der Waals surface area contributed by atoms with Crippen molar-refractivity contribution >= 4 is 11.8 Å². The molecule has 1 aromatic heterocycles. The van der Waals surface area contributed by atoms with Crippen molar-refractivity contribution < 1.29 is 5.21 Å². The van der Waals surface area contributed by atoms with E-state index in [4.69, 9.17) is 10.9 Å². The third-order valence-corrected chi connectivity index (χ3v) is 4.71. The molecule has 0 unspecified atom stereocenters. The Morgan fingerprint density at radius 1 is 1.29 bits per heavy atom. The molecule has 1 aliphatic carbocycles. The fraction of sp³-hybridized carbons (Fsp3) is 0.667. The second kappa shape index (κ2) is 5.87. The summed E-state index contributed by atoms with van der Waals surface area (Å²) in [5, 5.41) is 11.9. The van der Waals surface area contributed by atoms with E-state index in [0.29, 0.717) is 11.7 Å². The maximum absolute atomic E-state index is 8.86. The van der Waals surface area contributed by atoms with Gasteiger partial charge in [0.25, 0.3) is 0 Å². The number of amidine groups is 1. The largest absolute Gasteiger partial charge is 0.409 e.